The molecule has 0 unspecified atom stereocenters. The molecule has 3 aromatic rings. The van der Waals surface area contributed by atoms with Crippen molar-refractivity contribution in [1.29, 1.82) is 0 Å². The number of halogens is 1. The Kier molecular flexibility index (Phi) is 7.17. The van der Waals surface area contributed by atoms with Crippen LogP contribution in [0.5, 0.6) is 0 Å². The van der Waals surface area contributed by atoms with Crippen molar-refractivity contribution in [3.63, 3.8) is 0 Å². The Hall–Kier alpha value is -3.07. The molecule has 1 aromatic heterocycles. The number of nitrogens with zero attached hydrogens (tertiary/aromatic N) is 2. The number of pyridine rings is 1. The van der Waals surface area contributed by atoms with E-state index in [1.165, 1.54) is 31.5 Å². The molecule has 3 rings (SSSR count). The van der Waals surface area contributed by atoms with Crippen molar-refractivity contribution < 1.29 is 18.0 Å². The highest BCUT2D eigenvalue weighted by atomic mass is 35.5. The molecule has 0 saturated carbocycles. The Morgan fingerprint density at radius 2 is 1.81 bits per heavy atom. The minimum absolute atomic E-state index is 0.0182. The minimum Gasteiger partial charge on any atom is -0.325 e. The number of sulfonamides is 1. The standard InChI is InChI=1S/C22H20ClN3O4S/c1-16(27)18-4-2-5-20(12-18)25-22(28)15-26(14-17-7-9-19(23)10-8-17)31(29,30)21-6-3-11-24-13-21/h2-13H,14-15H2,1H3,(H,25,28). The fourth-order valence-corrected chi connectivity index (χ4v) is 4.32. The highest BCUT2D eigenvalue weighted by molar-refractivity contribution is 7.89. The number of hydrogen-bond acceptors (Lipinski definition) is 5. The van der Waals surface area contributed by atoms with Crippen LogP contribution < -0.4 is 5.32 Å². The van der Waals surface area contributed by atoms with Crippen LogP contribution in [0.4, 0.5) is 5.69 Å². The maximum atomic E-state index is 13.2. The second-order valence-electron chi connectivity index (χ2n) is 6.77. The van der Waals surface area contributed by atoms with Crippen LogP contribution in [0.15, 0.2) is 78.0 Å². The van der Waals surface area contributed by atoms with E-state index in [1.807, 2.05) is 0 Å². The first-order valence-electron chi connectivity index (χ1n) is 9.31. The van der Waals surface area contributed by atoms with Crippen molar-refractivity contribution in [2.75, 3.05) is 11.9 Å². The van der Waals surface area contributed by atoms with E-state index in [2.05, 4.69) is 10.3 Å². The maximum absolute atomic E-state index is 13.2. The van der Waals surface area contributed by atoms with Gasteiger partial charge < -0.3 is 5.32 Å². The van der Waals surface area contributed by atoms with Crippen LogP contribution in [0, 0.1) is 0 Å². The van der Waals surface area contributed by atoms with Gasteiger partial charge in [0, 0.05) is 35.2 Å². The zero-order valence-electron chi connectivity index (χ0n) is 16.7. The SMILES string of the molecule is CC(=O)c1cccc(NC(=O)CN(Cc2ccc(Cl)cc2)S(=O)(=O)c2cccnc2)c1. The predicted molar refractivity (Wildman–Crippen MR) is 118 cm³/mol. The van der Waals surface area contributed by atoms with E-state index in [0.29, 0.717) is 21.8 Å². The smallest absolute Gasteiger partial charge is 0.245 e. The summed E-state index contributed by atoms with van der Waals surface area (Å²) in [5.41, 5.74) is 1.52. The van der Waals surface area contributed by atoms with E-state index in [0.717, 1.165) is 4.31 Å². The molecule has 0 fully saturated rings. The number of anilines is 1. The van der Waals surface area contributed by atoms with Crippen LogP contribution >= 0.6 is 11.6 Å². The van der Waals surface area contributed by atoms with Crippen molar-refractivity contribution in [3.05, 3.63) is 89.2 Å². The Bertz CT molecular complexity index is 1180. The summed E-state index contributed by atoms with van der Waals surface area (Å²) in [4.78, 5) is 28.1. The molecule has 160 valence electrons. The van der Waals surface area contributed by atoms with Crippen molar-refractivity contribution in [2.24, 2.45) is 0 Å². The van der Waals surface area contributed by atoms with Gasteiger partial charge in [-0.25, -0.2) is 8.42 Å². The quantitative estimate of drug-likeness (QED) is 0.519. The third-order valence-corrected chi connectivity index (χ3v) is 6.44. The van der Waals surface area contributed by atoms with Gasteiger partial charge in [0.05, 0.1) is 6.54 Å². The van der Waals surface area contributed by atoms with Gasteiger partial charge in [-0.05, 0) is 48.9 Å². The molecule has 1 N–H and O–H groups in total. The summed E-state index contributed by atoms with van der Waals surface area (Å²) in [5.74, 6) is -0.679. The highest BCUT2D eigenvalue weighted by Crippen LogP contribution is 2.19. The average Bonchev–Trinajstić information content (AvgIpc) is 2.75. The number of amides is 1. The fourth-order valence-electron chi connectivity index (χ4n) is 2.84. The second kappa shape index (κ2) is 9.82. The third-order valence-electron chi connectivity index (χ3n) is 4.42. The van der Waals surface area contributed by atoms with Gasteiger partial charge in [0.25, 0.3) is 0 Å². The molecule has 0 aliphatic heterocycles. The van der Waals surface area contributed by atoms with Gasteiger partial charge in [-0.2, -0.15) is 4.31 Å². The summed E-state index contributed by atoms with van der Waals surface area (Å²) in [6, 6.07) is 16.1. The summed E-state index contributed by atoms with van der Waals surface area (Å²) in [7, 11) is -4.00. The van der Waals surface area contributed by atoms with Crippen molar-refractivity contribution in [3.8, 4) is 0 Å². The Balaban J connectivity index is 1.85. The van der Waals surface area contributed by atoms with Crippen LogP contribution in [-0.4, -0.2) is 35.9 Å². The summed E-state index contributed by atoms with van der Waals surface area (Å²) in [6.07, 6.45) is 2.70. The number of Topliss-reactive ketones (excluding diaryl/α,β-unsaturated/α-hetero) is 1. The lowest BCUT2D eigenvalue weighted by Crippen LogP contribution is -2.37. The number of benzene rings is 2. The molecular weight excluding hydrogens is 438 g/mol. The number of carbonyl (C=O) groups is 2. The molecule has 2 aromatic carbocycles. The first-order chi connectivity index (χ1) is 14.8. The minimum atomic E-state index is -4.00. The van der Waals surface area contributed by atoms with Gasteiger partial charge in [0.2, 0.25) is 15.9 Å². The van der Waals surface area contributed by atoms with Crippen LogP contribution in [0.25, 0.3) is 0 Å². The normalized spacial score (nSPS) is 11.3. The maximum Gasteiger partial charge on any atom is 0.245 e. The van der Waals surface area contributed by atoms with Crippen LogP contribution in [-0.2, 0) is 21.4 Å². The van der Waals surface area contributed by atoms with Crippen molar-refractivity contribution >= 4 is 39.0 Å². The lowest BCUT2D eigenvalue weighted by Gasteiger charge is -2.22. The number of ketones is 1. The van der Waals surface area contributed by atoms with E-state index in [4.69, 9.17) is 11.6 Å². The third kappa shape index (κ3) is 5.97. The molecule has 7 nitrogen and oxygen atoms in total. The fraction of sp³-hybridized carbons (Fsp3) is 0.136. The second-order valence-corrected chi connectivity index (χ2v) is 9.15. The number of nitrogens with one attached hydrogen (secondary N) is 1. The first-order valence-corrected chi connectivity index (χ1v) is 11.1. The summed E-state index contributed by atoms with van der Waals surface area (Å²) in [6.45, 7) is 0.967. The van der Waals surface area contributed by atoms with Gasteiger partial charge in [0.15, 0.2) is 5.78 Å². The molecule has 31 heavy (non-hydrogen) atoms. The Labute approximate surface area is 185 Å². The van der Waals surface area contributed by atoms with Gasteiger partial charge in [-0.1, -0.05) is 35.9 Å². The van der Waals surface area contributed by atoms with E-state index in [9.17, 15) is 18.0 Å². The lowest BCUT2D eigenvalue weighted by atomic mass is 10.1. The Morgan fingerprint density at radius 3 is 2.45 bits per heavy atom. The van der Waals surface area contributed by atoms with E-state index >= 15 is 0 Å². The van der Waals surface area contributed by atoms with E-state index < -0.39 is 22.5 Å². The summed E-state index contributed by atoms with van der Waals surface area (Å²) >= 11 is 5.92. The summed E-state index contributed by atoms with van der Waals surface area (Å²) < 4.78 is 27.4. The molecule has 1 heterocycles. The van der Waals surface area contributed by atoms with Gasteiger partial charge in [0.1, 0.15) is 4.90 Å². The number of carbonyl (C=O) groups excluding carboxylic acids is 2. The highest BCUT2D eigenvalue weighted by Gasteiger charge is 2.27. The molecule has 0 saturated heterocycles. The molecule has 0 bridgehead atoms. The molecule has 0 aliphatic carbocycles. The van der Waals surface area contributed by atoms with Gasteiger partial charge in [-0.3, -0.25) is 14.6 Å². The molecule has 0 aliphatic rings. The van der Waals surface area contributed by atoms with Crippen LogP contribution in [0.2, 0.25) is 5.02 Å². The average molecular weight is 458 g/mol. The van der Waals surface area contributed by atoms with Gasteiger partial charge in [-0.15, -0.1) is 0 Å². The molecule has 0 spiro atoms. The largest absolute Gasteiger partial charge is 0.325 e. The molecule has 9 heteroatoms. The van der Waals surface area contributed by atoms with E-state index in [-0.39, 0.29) is 17.2 Å². The van der Waals surface area contributed by atoms with Crippen molar-refractivity contribution in [2.45, 2.75) is 18.4 Å². The molecular formula is C22H20ClN3O4S. The monoisotopic (exact) mass is 457 g/mol. The Morgan fingerprint density at radius 1 is 1.06 bits per heavy atom. The topological polar surface area (TPSA) is 96.4 Å². The number of hydrogen-bond donors (Lipinski definition) is 1. The summed E-state index contributed by atoms with van der Waals surface area (Å²) in [5, 5.41) is 3.17. The lowest BCUT2D eigenvalue weighted by molar-refractivity contribution is -0.116. The molecule has 0 atom stereocenters. The first kappa shape index (κ1) is 22.6. The van der Waals surface area contributed by atoms with Crippen molar-refractivity contribution in [1.82, 2.24) is 9.29 Å². The van der Waals surface area contributed by atoms with E-state index in [1.54, 1.807) is 48.5 Å². The number of aromatic nitrogens is 1. The zero-order valence-corrected chi connectivity index (χ0v) is 18.2. The number of rotatable bonds is 8. The van der Waals surface area contributed by atoms with Gasteiger partial charge >= 0.3 is 0 Å². The molecule has 1 amide bonds. The predicted octanol–water partition coefficient (Wildman–Crippen LogP) is 3.77. The zero-order chi connectivity index (χ0) is 22.4. The molecule has 0 radical (unpaired) electrons. The van der Waals surface area contributed by atoms with Crippen LogP contribution in [0.3, 0.4) is 0 Å². The van der Waals surface area contributed by atoms with Crippen LogP contribution in [0.1, 0.15) is 22.8 Å².